The lowest BCUT2D eigenvalue weighted by Gasteiger charge is -2.12. The first-order valence-electron chi connectivity index (χ1n) is 11.6. The Labute approximate surface area is 218 Å². The Morgan fingerprint density at radius 1 is 1.00 bits per heavy atom. The highest BCUT2D eigenvalue weighted by atomic mass is 19.1. The van der Waals surface area contributed by atoms with Gasteiger partial charge in [-0.05, 0) is 30.2 Å². The van der Waals surface area contributed by atoms with Gasteiger partial charge in [0.2, 0.25) is 5.88 Å². The van der Waals surface area contributed by atoms with Gasteiger partial charge in [0.25, 0.3) is 5.91 Å². The number of hydrogen-bond donors (Lipinski definition) is 3. The number of ether oxygens (including phenoxy) is 2. The fourth-order valence-electron chi connectivity index (χ4n) is 3.38. The third-order valence-electron chi connectivity index (χ3n) is 5.35. The molecule has 0 aliphatic rings. The molecule has 0 bridgehead atoms. The highest BCUT2D eigenvalue weighted by molar-refractivity contribution is 5.99. The van der Waals surface area contributed by atoms with Crippen molar-refractivity contribution in [2.75, 3.05) is 24.8 Å². The Balaban J connectivity index is 1.48. The summed E-state index contributed by atoms with van der Waals surface area (Å²) in [7, 11) is 3.01. The number of halogens is 1. The van der Waals surface area contributed by atoms with E-state index in [1.54, 1.807) is 24.4 Å². The van der Waals surface area contributed by atoms with Crippen molar-refractivity contribution in [2.45, 2.75) is 19.8 Å². The molecule has 3 aromatic heterocycles. The zero-order valence-electron chi connectivity index (χ0n) is 21.2. The second-order valence-electron chi connectivity index (χ2n) is 8.36. The average Bonchev–Trinajstić information content (AvgIpc) is 3.34. The quantitative estimate of drug-likeness (QED) is 0.307. The van der Waals surface area contributed by atoms with Gasteiger partial charge in [0.05, 0.1) is 30.4 Å². The van der Waals surface area contributed by atoms with Crippen LogP contribution in [-0.4, -0.2) is 45.8 Å². The largest absolute Gasteiger partial charge is 0.481 e. The molecular weight excluding hydrogens is 493 g/mol. The van der Waals surface area contributed by atoms with Crippen LogP contribution in [0.5, 0.6) is 17.4 Å². The van der Waals surface area contributed by atoms with Crippen LogP contribution in [0, 0.1) is 5.82 Å². The van der Waals surface area contributed by atoms with Crippen molar-refractivity contribution in [3.63, 3.8) is 0 Å². The van der Waals surface area contributed by atoms with Gasteiger partial charge in [-0.2, -0.15) is 5.10 Å². The van der Waals surface area contributed by atoms with Crippen molar-refractivity contribution in [3.05, 3.63) is 78.1 Å². The van der Waals surface area contributed by atoms with Gasteiger partial charge in [-0.1, -0.05) is 13.8 Å². The lowest BCUT2D eigenvalue weighted by Crippen LogP contribution is -2.22. The highest BCUT2D eigenvalue weighted by Crippen LogP contribution is 2.27. The molecular formula is C26H26FN7O4. The smallest absolute Gasteiger partial charge is 0.324 e. The molecule has 0 saturated carbocycles. The molecule has 0 fully saturated rings. The predicted octanol–water partition coefficient (Wildman–Crippen LogP) is 4.73. The third-order valence-corrected chi connectivity index (χ3v) is 5.35. The lowest BCUT2D eigenvalue weighted by molar-refractivity contribution is 0.0957. The second-order valence-corrected chi connectivity index (χ2v) is 8.36. The minimum absolute atomic E-state index is 0.0584. The average molecular weight is 520 g/mol. The van der Waals surface area contributed by atoms with E-state index in [2.05, 4.69) is 31.0 Å². The van der Waals surface area contributed by atoms with Gasteiger partial charge >= 0.3 is 6.03 Å². The van der Waals surface area contributed by atoms with Crippen molar-refractivity contribution < 1.29 is 23.5 Å². The predicted molar refractivity (Wildman–Crippen MR) is 139 cm³/mol. The Kier molecular flexibility index (Phi) is 7.80. The first-order valence-corrected chi connectivity index (χ1v) is 11.6. The van der Waals surface area contributed by atoms with Gasteiger partial charge in [0, 0.05) is 37.5 Å². The molecule has 0 aliphatic heterocycles. The molecule has 196 valence electrons. The van der Waals surface area contributed by atoms with Crippen LogP contribution < -0.4 is 25.4 Å². The molecule has 0 radical (unpaired) electrons. The number of rotatable bonds is 8. The molecule has 1 aromatic carbocycles. The molecule has 3 N–H and O–H groups in total. The number of carbonyl (C=O) groups excluding carboxylic acids is 2. The fourth-order valence-corrected chi connectivity index (χ4v) is 3.38. The van der Waals surface area contributed by atoms with Crippen LogP contribution in [0.3, 0.4) is 0 Å². The second kappa shape index (κ2) is 11.4. The summed E-state index contributed by atoms with van der Waals surface area (Å²) in [4.78, 5) is 32.7. The number of aromatic nitrogens is 4. The van der Waals surface area contributed by atoms with Crippen molar-refractivity contribution >= 4 is 23.4 Å². The van der Waals surface area contributed by atoms with E-state index in [9.17, 15) is 14.0 Å². The molecule has 4 rings (SSSR count). The van der Waals surface area contributed by atoms with Crippen molar-refractivity contribution in [1.29, 1.82) is 0 Å². The van der Waals surface area contributed by atoms with Crippen molar-refractivity contribution in [1.82, 2.24) is 25.1 Å². The first-order chi connectivity index (χ1) is 18.3. The minimum Gasteiger partial charge on any atom is -0.481 e. The molecule has 0 spiro atoms. The van der Waals surface area contributed by atoms with Crippen molar-refractivity contribution in [3.8, 4) is 23.1 Å². The summed E-state index contributed by atoms with van der Waals surface area (Å²) in [5, 5.41) is 12.2. The van der Waals surface area contributed by atoms with E-state index < -0.39 is 11.8 Å². The van der Waals surface area contributed by atoms with E-state index in [0.29, 0.717) is 23.1 Å². The molecule has 3 amide bonds. The van der Waals surface area contributed by atoms with E-state index in [-0.39, 0.29) is 29.0 Å². The summed E-state index contributed by atoms with van der Waals surface area (Å²) in [5.74, 6) is 0.308. The van der Waals surface area contributed by atoms with E-state index in [4.69, 9.17) is 9.47 Å². The van der Waals surface area contributed by atoms with Crippen LogP contribution >= 0.6 is 0 Å². The molecule has 12 heteroatoms. The van der Waals surface area contributed by atoms with Crippen LogP contribution in [0.2, 0.25) is 0 Å². The highest BCUT2D eigenvalue weighted by Gasteiger charge is 2.16. The van der Waals surface area contributed by atoms with Crippen LogP contribution in [-0.2, 0) is 0 Å². The van der Waals surface area contributed by atoms with Gasteiger partial charge in [-0.15, -0.1) is 0 Å². The number of anilines is 2. The molecule has 4 aromatic rings. The van der Waals surface area contributed by atoms with Crippen LogP contribution in [0.1, 0.15) is 35.9 Å². The number of amides is 3. The van der Waals surface area contributed by atoms with Crippen molar-refractivity contribution in [2.24, 2.45) is 0 Å². The van der Waals surface area contributed by atoms with Gasteiger partial charge in [-0.3, -0.25) is 15.1 Å². The Morgan fingerprint density at radius 3 is 2.45 bits per heavy atom. The lowest BCUT2D eigenvalue weighted by atomic mass is 10.1. The maximum atomic E-state index is 14.8. The van der Waals surface area contributed by atoms with E-state index >= 15 is 0 Å². The van der Waals surface area contributed by atoms with Gasteiger partial charge in [0.15, 0.2) is 0 Å². The molecule has 0 saturated heterocycles. The molecule has 0 unspecified atom stereocenters. The first kappa shape index (κ1) is 26.1. The van der Waals surface area contributed by atoms with Gasteiger partial charge < -0.3 is 20.1 Å². The Hall–Kier alpha value is -5.00. The number of urea groups is 1. The summed E-state index contributed by atoms with van der Waals surface area (Å²) in [5.41, 5.74) is 1.46. The summed E-state index contributed by atoms with van der Waals surface area (Å²) in [6, 6.07) is 11.5. The van der Waals surface area contributed by atoms with Crippen LogP contribution in [0.15, 0.2) is 60.9 Å². The molecule has 3 heterocycles. The molecule has 38 heavy (non-hydrogen) atoms. The van der Waals surface area contributed by atoms with Gasteiger partial charge in [-0.25, -0.2) is 18.9 Å². The van der Waals surface area contributed by atoms with Gasteiger partial charge in [0.1, 0.15) is 28.8 Å². The number of nitrogens with zero attached hydrogens (tertiary/aromatic N) is 4. The molecule has 0 atom stereocenters. The number of methoxy groups -OCH3 is 1. The van der Waals surface area contributed by atoms with E-state index in [1.165, 1.54) is 49.3 Å². The van der Waals surface area contributed by atoms with E-state index in [1.807, 2.05) is 13.8 Å². The zero-order valence-corrected chi connectivity index (χ0v) is 21.2. The summed E-state index contributed by atoms with van der Waals surface area (Å²) in [6.45, 7) is 3.96. The fraction of sp³-hybridized carbons (Fsp3) is 0.192. The normalized spacial score (nSPS) is 10.7. The maximum Gasteiger partial charge on any atom is 0.324 e. The summed E-state index contributed by atoms with van der Waals surface area (Å²) < 4.78 is 27.1. The van der Waals surface area contributed by atoms with Crippen LogP contribution in [0.4, 0.5) is 20.7 Å². The number of hydrogen-bond acceptors (Lipinski definition) is 7. The maximum absolute atomic E-state index is 14.8. The van der Waals surface area contributed by atoms with E-state index in [0.717, 1.165) is 11.8 Å². The minimum atomic E-state index is -0.714. The van der Waals surface area contributed by atoms with Crippen LogP contribution in [0.25, 0.3) is 5.69 Å². The molecule has 0 aliphatic carbocycles. The Morgan fingerprint density at radius 2 is 1.79 bits per heavy atom. The monoisotopic (exact) mass is 519 g/mol. The number of nitrogens with one attached hydrogen (secondary N) is 3. The number of benzene rings is 1. The third kappa shape index (κ3) is 6.03. The number of pyridine rings is 2. The molecule has 11 nitrogen and oxygen atoms in total. The summed E-state index contributed by atoms with van der Waals surface area (Å²) in [6.07, 6.45) is 2.98. The standard InChI is InChI=1S/C26H26FN7O4/c1-15(2)21-13-23(34(33-21)16-5-8-24(37-4)30-14-16)32-26(36)31-20-7-6-17(11-19(20)27)38-18-9-10-29-22(12-18)25(35)28-3/h5-15H,1-4H3,(H,28,35)(H2,31,32,36). The zero-order chi connectivity index (χ0) is 27.2. The number of carbonyl (C=O) groups is 2. The Bertz CT molecular complexity index is 1450. The summed E-state index contributed by atoms with van der Waals surface area (Å²) >= 11 is 0. The SMILES string of the molecule is CNC(=O)c1cc(Oc2ccc(NC(=O)Nc3cc(C(C)C)nn3-c3ccc(OC)nc3)c(F)c2)ccn1. The topological polar surface area (TPSA) is 132 Å².